The number of aromatic amines is 1. The van der Waals surface area contributed by atoms with E-state index < -0.39 is 0 Å². The number of rotatable bonds is 4. The minimum atomic E-state index is -0.122. The first-order valence-electron chi connectivity index (χ1n) is 5.46. The van der Waals surface area contributed by atoms with Crippen LogP contribution in [0.3, 0.4) is 0 Å². The predicted molar refractivity (Wildman–Crippen MR) is 71.4 cm³/mol. The molecule has 0 aliphatic rings. The number of hydrogen-bond donors (Lipinski definition) is 2. The standard InChI is InChI=1S/C12H15N3OS/c1-8(17-2)7-13-12(16)11-9-5-3-4-6-10(9)14-15-11/h3-6,8H,7H2,1-2H3,(H,13,16)(H,14,15). The summed E-state index contributed by atoms with van der Waals surface area (Å²) in [6.07, 6.45) is 2.03. The Morgan fingerprint density at radius 3 is 3.06 bits per heavy atom. The Morgan fingerprint density at radius 1 is 1.53 bits per heavy atom. The van der Waals surface area contributed by atoms with Crippen LogP contribution in [-0.4, -0.2) is 34.2 Å². The van der Waals surface area contributed by atoms with E-state index >= 15 is 0 Å². The van der Waals surface area contributed by atoms with Gasteiger partial charge < -0.3 is 5.32 Å². The van der Waals surface area contributed by atoms with E-state index in [0.717, 1.165) is 10.9 Å². The molecule has 4 nitrogen and oxygen atoms in total. The predicted octanol–water partition coefficient (Wildman–Crippen LogP) is 2.04. The smallest absolute Gasteiger partial charge is 0.272 e. The van der Waals surface area contributed by atoms with Crippen LogP contribution in [0.2, 0.25) is 0 Å². The van der Waals surface area contributed by atoms with E-state index in [1.54, 1.807) is 11.8 Å². The van der Waals surface area contributed by atoms with Gasteiger partial charge in [0.25, 0.3) is 5.91 Å². The molecule has 0 spiro atoms. The van der Waals surface area contributed by atoms with E-state index in [2.05, 4.69) is 22.4 Å². The van der Waals surface area contributed by atoms with Gasteiger partial charge in [-0.25, -0.2) is 0 Å². The van der Waals surface area contributed by atoms with E-state index in [4.69, 9.17) is 0 Å². The molecule has 0 radical (unpaired) electrons. The van der Waals surface area contributed by atoms with Gasteiger partial charge >= 0.3 is 0 Å². The second-order valence-corrected chi connectivity index (χ2v) is 5.15. The molecule has 1 aromatic carbocycles. The number of thioether (sulfide) groups is 1. The quantitative estimate of drug-likeness (QED) is 0.872. The number of hydrogen-bond acceptors (Lipinski definition) is 3. The summed E-state index contributed by atoms with van der Waals surface area (Å²) in [4.78, 5) is 11.9. The van der Waals surface area contributed by atoms with Crippen molar-refractivity contribution in [1.82, 2.24) is 15.5 Å². The number of nitrogens with one attached hydrogen (secondary N) is 2. The molecule has 0 saturated carbocycles. The van der Waals surface area contributed by atoms with Crippen LogP contribution in [0.25, 0.3) is 10.9 Å². The first kappa shape index (κ1) is 12.0. The number of nitrogens with zero attached hydrogens (tertiary/aromatic N) is 1. The van der Waals surface area contributed by atoms with Crippen LogP contribution in [0.15, 0.2) is 24.3 Å². The molecule has 0 aliphatic heterocycles. The fourth-order valence-electron chi connectivity index (χ4n) is 1.54. The van der Waals surface area contributed by atoms with Crippen LogP contribution in [0.4, 0.5) is 0 Å². The number of amides is 1. The van der Waals surface area contributed by atoms with E-state index in [0.29, 0.717) is 17.5 Å². The number of carbonyl (C=O) groups is 1. The minimum absolute atomic E-state index is 0.122. The summed E-state index contributed by atoms with van der Waals surface area (Å²) in [5.41, 5.74) is 1.35. The van der Waals surface area contributed by atoms with Crippen LogP contribution in [0, 0.1) is 0 Å². The first-order chi connectivity index (χ1) is 8.22. The zero-order valence-electron chi connectivity index (χ0n) is 9.86. The van der Waals surface area contributed by atoms with Crippen molar-refractivity contribution in [2.24, 2.45) is 0 Å². The van der Waals surface area contributed by atoms with Gasteiger partial charge in [-0.05, 0) is 12.3 Å². The van der Waals surface area contributed by atoms with Gasteiger partial charge in [0.1, 0.15) is 0 Å². The SMILES string of the molecule is CSC(C)CNC(=O)c1n[nH]c2ccccc12. The summed E-state index contributed by atoms with van der Waals surface area (Å²) in [6, 6.07) is 7.62. The molecule has 2 rings (SSSR count). The van der Waals surface area contributed by atoms with Gasteiger partial charge in [0, 0.05) is 17.2 Å². The number of fused-ring (bicyclic) bond motifs is 1. The third-order valence-electron chi connectivity index (χ3n) is 2.64. The lowest BCUT2D eigenvalue weighted by atomic mass is 10.2. The van der Waals surface area contributed by atoms with Crippen molar-refractivity contribution in [1.29, 1.82) is 0 Å². The lowest BCUT2D eigenvalue weighted by Gasteiger charge is -2.08. The van der Waals surface area contributed by atoms with Crippen molar-refractivity contribution in [2.75, 3.05) is 12.8 Å². The normalized spacial score (nSPS) is 12.6. The second kappa shape index (κ2) is 5.23. The van der Waals surface area contributed by atoms with Gasteiger partial charge in [-0.15, -0.1) is 0 Å². The molecule has 17 heavy (non-hydrogen) atoms. The zero-order chi connectivity index (χ0) is 12.3. The maximum atomic E-state index is 11.9. The third-order valence-corrected chi connectivity index (χ3v) is 3.61. The highest BCUT2D eigenvalue weighted by molar-refractivity contribution is 7.99. The molecule has 1 atom stereocenters. The van der Waals surface area contributed by atoms with Gasteiger partial charge in [0.05, 0.1) is 5.52 Å². The largest absolute Gasteiger partial charge is 0.350 e. The van der Waals surface area contributed by atoms with E-state index in [1.807, 2.05) is 30.5 Å². The summed E-state index contributed by atoms with van der Waals surface area (Å²) >= 11 is 1.72. The van der Waals surface area contributed by atoms with Crippen LogP contribution >= 0.6 is 11.8 Å². The molecule has 1 amide bonds. The highest BCUT2D eigenvalue weighted by Crippen LogP contribution is 2.14. The summed E-state index contributed by atoms with van der Waals surface area (Å²) in [5.74, 6) is -0.122. The molecule has 1 unspecified atom stereocenters. The van der Waals surface area contributed by atoms with Crippen molar-refractivity contribution in [3.8, 4) is 0 Å². The Labute approximate surface area is 104 Å². The molecule has 0 saturated heterocycles. The molecule has 90 valence electrons. The minimum Gasteiger partial charge on any atom is -0.350 e. The molecular formula is C12H15N3OS. The maximum Gasteiger partial charge on any atom is 0.272 e. The highest BCUT2D eigenvalue weighted by Gasteiger charge is 2.13. The van der Waals surface area contributed by atoms with Crippen molar-refractivity contribution in [3.05, 3.63) is 30.0 Å². The maximum absolute atomic E-state index is 11.9. The molecule has 0 aliphatic carbocycles. The Balaban J connectivity index is 2.14. The number of H-pyrrole nitrogens is 1. The zero-order valence-corrected chi connectivity index (χ0v) is 10.7. The summed E-state index contributed by atoms with van der Waals surface area (Å²) in [5, 5.41) is 11.1. The Bertz CT molecular complexity index is 523. The highest BCUT2D eigenvalue weighted by atomic mass is 32.2. The second-order valence-electron chi connectivity index (χ2n) is 3.87. The lowest BCUT2D eigenvalue weighted by Crippen LogP contribution is -2.29. The summed E-state index contributed by atoms with van der Waals surface area (Å²) < 4.78 is 0. The van der Waals surface area contributed by atoms with Crippen LogP contribution in [-0.2, 0) is 0 Å². The van der Waals surface area contributed by atoms with Gasteiger partial charge in [-0.1, -0.05) is 25.1 Å². The number of benzene rings is 1. The van der Waals surface area contributed by atoms with Crippen molar-refractivity contribution in [2.45, 2.75) is 12.2 Å². The van der Waals surface area contributed by atoms with Crippen LogP contribution < -0.4 is 5.32 Å². The molecule has 0 fully saturated rings. The van der Waals surface area contributed by atoms with Crippen LogP contribution in [0.1, 0.15) is 17.4 Å². The summed E-state index contributed by atoms with van der Waals surface area (Å²) in [7, 11) is 0. The van der Waals surface area contributed by atoms with E-state index in [9.17, 15) is 4.79 Å². The molecule has 2 aromatic rings. The molecule has 0 bridgehead atoms. The number of para-hydroxylation sites is 1. The summed E-state index contributed by atoms with van der Waals surface area (Å²) in [6.45, 7) is 2.73. The Morgan fingerprint density at radius 2 is 2.29 bits per heavy atom. The molecule has 1 aromatic heterocycles. The Hall–Kier alpha value is -1.49. The molecular weight excluding hydrogens is 234 g/mol. The Kier molecular flexibility index (Phi) is 3.68. The molecule has 1 heterocycles. The van der Waals surface area contributed by atoms with Crippen molar-refractivity contribution >= 4 is 28.6 Å². The molecule has 5 heteroatoms. The number of aromatic nitrogens is 2. The van der Waals surface area contributed by atoms with Gasteiger partial charge in [-0.2, -0.15) is 16.9 Å². The van der Waals surface area contributed by atoms with Crippen molar-refractivity contribution in [3.63, 3.8) is 0 Å². The van der Waals surface area contributed by atoms with Crippen molar-refractivity contribution < 1.29 is 4.79 Å². The topological polar surface area (TPSA) is 57.8 Å². The van der Waals surface area contributed by atoms with E-state index in [-0.39, 0.29) is 5.91 Å². The third kappa shape index (κ3) is 2.61. The molecule has 2 N–H and O–H groups in total. The average molecular weight is 249 g/mol. The van der Waals surface area contributed by atoms with Gasteiger partial charge in [0.2, 0.25) is 0 Å². The lowest BCUT2D eigenvalue weighted by molar-refractivity contribution is 0.0950. The fraction of sp³-hybridized carbons (Fsp3) is 0.333. The fourth-order valence-corrected chi connectivity index (χ4v) is 1.79. The monoisotopic (exact) mass is 249 g/mol. The van der Waals surface area contributed by atoms with E-state index in [1.165, 1.54) is 0 Å². The van der Waals surface area contributed by atoms with Gasteiger partial charge in [-0.3, -0.25) is 9.89 Å². The van der Waals surface area contributed by atoms with Crippen LogP contribution in [0.5, 0.6) is 0 Å². The average Bonchev–Trinajstić information content (AvgIpc) is 2.79. The van der Waals surface area contributed by atoms with Gasteiger partial charge in [0.15, 0.2) is 5.69 Å². The first-order valence-corrected chi connectivity index (χ1v) is 6.75. The number of carbonyl (C=O) groups excluding carboxylic acids is 1.